The Bertz CT molecular complexity index is 754. The van der Waals surface area contributed by atoms with Gasteiger partial charge < -0.3 is 4.74 Å². The maximum atomic E-state index is 11.7. The second kappa shape index (κ2) is 8.68. The summed E-state index contributed by atoms with van der Waals surface area (Å²) in [5.74, 6) is 0.175. The number of nitrogens with one attached hydrogen (secondary N) is 1. The molecule has 0 spiro atoms. The third kappa shape index (κ3) is 5.80. The van der Waals surface area contributed by atoms with E-state index >= 15 is 0 Å². The highest BCUT2D eigenvalue weighted by atomic mass is 79.9. The number of carbonyl (C=O) groups excluding carboxylic acids is 1. The molecule has 0 aliphatic rings. The van der Waals surface area contributed by atoms with Gasteiger partial charge in [-0.3, -0.25) is 4.79 Å². The number of amides is 1. The molecule has 8 heteroatoms. The zero-order valence-electron chi connectivity index (χ0n) is 11.5. The molecule has 2 aromatic rings. The van der Waals surface area contributed by atoms with E-state index in [9.17, 15) is 4.79 Å². The van der Waals surface area contributed by atoms with E-state index in [1.807, 2.05) is 12.1 Å². The number of halogens is 4. The Labute approximate surface area is 160 Å². The van der Waals surface area contributed by atoms with Crippen LogP contribution in [0.4, 0.5) is 0 Å². The Morgan fingerprint density at radius 2 is 2.00 bits per heavy atom. The van der Waals surface area contributed by atoms with Crippen LogP contribution in [0.15, 0.2) is 50.4 Å². The molecule has 1 amide bonds. The summed E-state index contributed by atoms with van der Waals surface area (Å²) in [5.41, 5.74) is 3.01. The lowest BCUT2D eigenvalue weighted by atomic mass is 10.2. The van der Waals surface area contributed by atoms with Gasteiger partial charge in [-0.1, -0.05) is 45.2 Å². The molecule has 120 valence electrons. The van der Waals surface area contributed by atoms with Crippen molar-refractivity contribution in [1.29, 1.82) is 0 Å². The standard InChI is InChI=1S/C15H10Br2Cl2N2O2/c16-10-2-4-14(12(17)5-10)23-8-15(22)21-20-7-9-1-3-11(18)6-13(9)19/h1-7H,8H2,(H,21,22)/b20-7+. The lowest BCUT2D eigenvalue weighted by Gasteiger charge is -2.07. The fraction of sp³-hybridized carbons (Fsp3) is 0.0667. The van der Waals surface area contributed by atoms with E-state index < -0.39 is 0 Å². The first-order valence-electron chi connectivity index (χ1n) is 6.30. The fourth-order valence-corrected chi connectivity index (χ4v) is 3.17. The van der Waals surface area contributed by atoms with Crippen LogP contribution in [-0.4, -0.2) is 18.7 Å². The topological polar surface area (TPSA) is 50.7 Å². The van der Waals surface area contributed by atoms with E-state index in [1.54, 1.807) is 24.3 Å². The van der Waals surface area contributed by atoms with E-state index in [-0.39, 0.29) is 12.5 Å². The molecule has 0 bridgehead atoms. The van der Waals surface area contributed by atoms with Crippen LogP contribution in [0.2, 0.25) is 10.0 Å². The number of rotatable bonds is 5. The molecular weight excluding hydrogens is 471 g/mol. The minimum atomic E-state index is -0.388. The predicted octanol–water partition coefficient (Wildman–Crippen LogP) is 5.05. The number of hydrogen-bond acceptors (Lipinski definition) is 3. The summed E-state index contributed by atoms with van der Waals surface area (Å²) in [5, 5.41) is 4.81. The molecular formula is C15H10Br2Cl2N2O2. The van der Waals surface area contributed by atoms with Crippen molar-refractivity contribution in [3.63, 3.8) is 0 Å². The van der Waals surface area contributed by atoms with Crippen molar-refractivity contribution >= 4 is 67.2 Å². The summed E-state index contributed by atoms with van der Waals surface area (Å²) in [6.07, 6.45) is 1.44. The van der Waals surface area contributed by atoms with E-state index in [2.05, 4.69) is 42.4 Å². The summed E-state index contributed by atoms with van der Waals surface area (Å²) in [7, 11) is 0. The molecule has 0 heterocycles. The molecule has 0 unspecified atom stereocenters. The van der Waals surface area contributed by atoms with Crippen molar-refractivity contribution in [2.24, 2.45) is 5.10 Å². The molecule has 0 atom stereocenters. The van der Waals surface area contributed by atoms with Crippen LogP contribution in [0, 0.1) is 0 Å². The Kier molecular flexibility index (Phi) is 6.89. The Balaban J connectivity index is 1.86. The third-order valence-corrected chi connectivity index (χ3v) is 4.28. The highest BCUT2D eigenvalue weighted by molar-refractivity contribution is 9.11. The average Bonchev–Trinajstić information content (AvgIpc) is 2.48. The number of ether oxygens (including phenoxy) is 1. The number of hydrazone groups is 1. The molecule has 0 fully saturated rings. The quantitative estimate of drug-likeness (QED) is 0.481. The summed E-state index contributed by atoms with van der Waals surface area (Å²) in [4.78, 5) is 11.7. The van der Waals surface area contributed by atoms with Gasteiger partial charge in [-0.2, -0.15) is 5.10 Å². The lowest BCUT2D eigenvalue weighted by Crippen LogP contribution is -2.24. The van der Waals surface area contributed by atoms with Crippen molar-refractivity contribution in [3.05, 3.63) is 61.0 Å². The molecule has 2 aromatic carbocycles. The van der Waals surface area contributed by atoms with Gasteiger partial charge in [-0.05, 0) is 46.3 Å². The van der Waals surface area contributed by atoms with Gasteiger partial charge >= 0.3 is 0 Å². The first-order chi connectivity index (χ1) is 11.0. The van der Waals surface area contributed by atoms with Gasteiger partial charge in [0, 0.05) is 15.1 Å². The first-order valence-corrected chi connectivity index (χ1v) is 8.64. The molecule has 0 saturated carbocycles. The van der Waals surface area contributed by atoms with Crippen molar-refractivity contribution in [1.82, 2.24) is 5.43 Å². The normalized spacial score (nSPS) is 10.8. The molecule has 0 aliphatic carbocycles. The maximum Gasteiger partial charge on any atom is 0.277 e. The molecule has 0 aliphatic heterocycles. The van der Waals surface area contributed by atoms with Crippen LogP contribution in [0.3, 0.4) is 0 Å². The SMILES string of the molecule is O=C(COc1ccc(Br)cc1Br)N/N=C/c1ccc(Cl)cc1Cl. The van der Waals surface area contributed by atoms with E-state index in [1.165, 1.54) is 6.21 Å². The van der Waals surface area contributed by atoms with Gasteiger partial charge in [0.25, 0.3) is 5.91 Å². The summed E-state index contributed by atoms with van der Waals surface area (Å²) in [6.45, 7) is -0.161. The van der Waals surface area contributed by atoms with Crippen molar-refractivity contribution in [2.45, 2.75) is 0 Å². The average molecular weight is 481 g/mol. The van der Waals surface area contributed by atoms with Crippen LogP contribution in [-0.2, 0) is 4.79 Å². The van der Waals surface area contributed by atoms with Crippen LogP contribution in [0.25, 0.3) is 0 Å². The third-order valence-electron chi connectivity index (χ3n) is 2.61. The van der Waals surface area contributed by atoms with E-state index in [4.69, 9.17) is 27.9 Å². The number of carbonyl (C=O) groups is 1. The first kappa shape index (κ1) is 18.3. The smallest absolute Gasteiger partial charge is 0.277 e. The molecule has 0 saturated heterocycles. The van der Waals surface area contributed by atoms with Gasteiger partial charge in [-0.25, -0.2) is 5.43 Å². The molecule has 1 N–H and O–H groups in total. The summed E-state index contributed by atoms with van der Waals surface area (Å²) >= 11 is 18.5. The lowest BCUT2D eigenvalue weighted by molar-refractivity contribution is -0.123. The van der Waals surface area contributed by atoms with Crippen molar-refractivity contribution in [3.8, 4) is 5.75 Å². The zero-order chi connectivity index (χ0) is 16.8. The van der Waals surface area contributed by atoms with Gasteiger partial charge in [0.1, 0.15) is 5.75 Å². The molecule has 2 rings (SSSR count). The molecule has 0 radical (unpaired) electrons. The van der Waals surface area contributed by atoms with Crippen LogP contribution >= 0.6 is 55.1 Å². The zero-order valence-corrected chi connectivity index (χ0v) is 16.2. The van der Waals surface area contributed by atoms with E-state index in [0.717, 1.165) is 8.95 Å². The van der Waals surface area contributed by atoms with Crippen molar-refractivity contribution in [2.75, 3.05) is 6.61 Å². The van der Waals surface area contributed by atoms with Gasteiger partial charge in [0.05, 0.1) is 15.7 Å². The van der Waals surface area contributed by atoms with Crippen LogP contribution < -0.4 is 10.2 Å². The number of nitrogens with zero attached hydrogens (tertiary/aromatic N) is 1. The monoisotopic (exact) mass is 478 g/mol. The Morgan fingerprint density at radius 1 is 1.22 bits per heavy atom. The summed E-state index contributed by atoms with van der Waals surface area (Å²) < 4.78 is 7.05. The minimum absolute atomic E-state index is 0.161. The highest BCUT2D eigenvalue weighted by Crippen LogP contribution is 2.28. The van der Waals surface area contributed by atoms with Crippen LogP contribution in [0.1, 0.15) is 5.56 Å². The van der Waals surface area contributed by atoms with E-state index in [0.29, 0.717) is 21.4 Å². The summed E-state index contributed by atoms with van der Waals surface area (Å²) in [6, 6.07) is 10.4. The second-order valence-corrected chi connectivity index (χ2v) is 6.94. The Morgan fingerprint density at radius 3 is 2.70 bits per heavy atom. The van der Waals surface area contributed by atoms with Gasteiger partial charge in [-0.15, -0.1) is 0 Å². The largest absolute Gasteiger partial charge is 0.483 e. The van der Waals surface area contributed by atoms with Crippen LogP contribution in [0.5, 0.6) is 5.75 Å². The fourth-order valence-electron chi connectivity index (χ4n) is 1.55. The second-order valence-electron chi connectivity index (χ2n) is 4.32. The van der Waals surface area contributed by atoms with Gasteiger partial charge in [0.2, 0.25) is 0 Å². The van der Waals surface area contributed by atoms with Gasteiger partial charge in [0.15, 0.2) is 6.61 Å². The minimum Gasteiger partial charge on any atom is -0.483 e. The van der Waals surface area contributed by atoms with Crippen molar-refractivity contribution < 1.29 is 9.53 Å². The Hall–Kier alpha value is -1.08. The highest BCUT2D eigenvalue weighted by Gasteiger charge is 2.05. The number of hydrogen-bond donors (Lipinski definition) is 1. The predicted molar refractivity (Wildman–Crippen MR) is 99.5 cm³/mol. The maximum absolute atomic E-state index is 11.7. The molecule has 0 aromatic heterocycles. The molecule has 4 nitrogen and oxygen atoms in total. The number of benzene rings is 2. The molecule has 23 heavy (non-hydrogen) atoms.